The van der Waals surface area contributed by atoms with Crippen LogP contribution in [0.25, 0.3) is 22.0 Å². The fourth-order valence-electron chi connectivity index (χ4n) is 3.08. The predicted octanol–water partition coefficient (Wildman–Crippen LogP) is 4.33. The highest BCUT2D eigenvalue weighted by molar-refractivity contribution is 5.96. The number of methoxy groups -OCH3 is 1. The Labute approximate surface area is 162 Å². The first-order chi connectivity index (χ1) is 13.6. The van der Waals surface area contributed by atoms with Gasteiger partial charge in [0.25, 0.3) is 0 Å². The number of hydrogen-bond donors (Lipinski definition) is 2. The van der Waals surface area contributed by atoms with Gasteiger partial charge in [0.05, 0.1) is 19.3 Å². The zero-order chi connectivity index (χ0) is 19.5. The maximum atomic E-state index is 9.55. The average Bonchev–Trinajstić information content (AvgIpc) is 2.72. The van der Waals surface area contributed by atoms with Gasteiger partial charge >= 0.3 is 0 Å². The third-order valence-electron chi connectivity index (χ3n) is 4.54. The molecule has 28 heavy (non-hydrogen) atoms. The largest absolute Gasteiger partial charge is 0.494 e. The maximum absolute atomic E-state index is 9.55. The van der Waals surface area contributed by atoms with Crippen LogP contribution in [0.1, 0.15) is 11.3 Å². The van der Waals surface area contributed by atoms with Crippen LogP contribution in [-0.2, 0) is 6.54 Å². The molecule has 6 nitrogen and oxygen atoms in total. The molecule has 0 bridgehead atoms. The van der Waals surface area contributed by atoms with Gasteiger partial charge < -0.3 is 15.2 Å². The van der Waals surface area contributed by atoms with Crippen molar-refractivity contribution in [1.29, 1.82) is 0 Å². The lowest BCUT2D eigenvalue weighted by molar-refractivity contribution is 0.419. The number of fused-ring (bicyclic) bond motifs is 1. The molecule has 0 aliphatic heterocycles. The zero-order valence-corrected chi connectivity index (χ0v) is 15.7. The van der Waals surface area contributed by atoms with Crippen molar-refractivity contribution in [3.63, 3.8) is 0 Å². The Morgan fingerprint density at radius 2 is 1.82 bits per heavy atom. The van der Waals surface area contributed by atoms with Crippen molar-refractivity contribution in [1.82, 2.24) is 15.0 Å². The normalized spacial score (nSPS) is 10.8. The molecule has 140 valence electrons. The Bertz CT molecular complexity index is 1130. The summed E-state index contributed by atoms with van der Waals surface area (Å²) in [5, 5.41) is 13.7. The lowest BCUT2D eigenvalue weighted by Gasteiger charge is -2.13. The number of anilines is 1. The van der Waals surface area contributed by atoms with Gasteiger partial charge in [0.1, 0.15) is 23.4 Å². The molecule has 6 heteroatoms. The number of ether oxygens (including phenoxy) is 1. The first-order valence-corrected chi connectivity index (χ1v) is 8.92. The predicted molar refractivity (Wildman–Crippen MR) is 109 cm³/mol. The molecule has 0 saturated heterocycles. The lowest BCUT2D eigenvalue weighted by Crippen LogP contribution is -2.04. The summed E-state index contributed by atoms with van der Waals surface area (Å²) in [6, 6.07) is 17.5. The van der Waals surface area contributed by atoms with Crippen LogP contribution in [0.4, 0.5) is 5.82 Å². The molecule has 0 aliphatic carbocycles. The number of aromatic nitrogens is 3. The van der Waals surface area contributed by atoms with Crippen LogP contribution in [-0.4, -0.2) is 27.2 Å². The summed E-state index contributed by atoms with van der Waals surface area (Å²) in [5.41, 5.74) is 4.78. The first-order valence-electron chi connectivity index (χ1n) is 8.92. The van der Waals surface area contributed by atoms with E-state index in [1.54, 1.807) is 19.2 Å². The fraction of sp³-hybridized carbons (Fsp3) is 0.136. The second-order valence-corrected chi connectivity index (χ2v) is 6.50. The number of pyridine rings is 1. The Morgan fingerprint density at radius 3 is 2.57 bits per heavy atom. The van der Waals surface area contributed by atoms with Gasteiger partial charge in [0.2, 0.25) is 5.88 Å². The van der Waals surface area contributed by atoms with E-state index in [9.17, 15) is 5.11 Å². The number of hydrogen-bond acceptors (Lipinski definition) is 6. The maximum Gasteiger partial charge on any atom is 0.210 e. The second-order valence-electron chi connectivity index (χ2n) is 6.50. The molecule has 0 radical (unpaired) electrons. The average molecular weight is 372 g/mol. The number of rotatable bonds is 5. The van der Waals surface area contributed by atoms with Gasteiger partial charge in [-0.1, -0.05) is 35.9 Å². The summed E-state index contributed by atoms with van der Waals surface area (Å²) < 4.78 is 5.58. The van der Waals surface area contributed by atoms with E-state index >= 15 is 0 Å². The van der Waals surface area contributed by atoms with Crippen molar-refractivity contribution >= 4 is 16.7 Å². The van der Waals surface area contributed by atoms with Gasteiger partial charge in [0, 0.05) is 11.5 Å². The van der Waals surface area contributed by atoms with Crippen LogP contribution in [0.5, 0.6) is 11.6 Å². The molecule has 0 aliphatic rings. The van der Waals surface area contributed by atoms with Crippen LogP contribution in [0.2, 0.25) is 0 Å². The van der Waals surface area contributed by atoms with Crippen molar-refractivity contribution < 1.29 is 9.84 Å². The van der Waals surface area contributed by atoms with E-state index in [2.05, 4.69) is 57.5 Å². The Balaban J connectivity index is 1.76. The van der Waals surface area contributed by atoms with E-state index < -0.39 is 0 Å². The Hall–Kier alpha value is -3.67. The summed E-state index contributed by atoms with van der Waals surface area (Å²) in [4.78, 5) is 12.9. The number of nitrogens with one attached hydrogen (secondary N) is 1. The standard InChI is InChI=1S/C22H20N4O2/c1-14-6-8-15(9-7-14)16-10-18-21(19(11-16)28-2)24-13-25-22(18)23-12-17-4-3-5-20(27)26-17/h3-11,13H,12H2,1-2H3,(H,26,27)(H,23,24,25). The molecule has 4 rings (SSSR count). The second kappa shape index (κ2) is 7.52. The van der Waals surface area contributed by atoms with E-state index in [0.29, 0.717) is 23.8 Å². The quantitative estimate of drug-likeness (QED) is 0.543. The minimum Gasteiger partial charge on any atom is -0.494 e. The van der Waals surface area contributed by atoms with Gasteiger partial charge in [-0.2, -0.15) is 0 Å². The van der Waals surface area contributed by atoms with Crippen molar-refractivity contribution in [3.8, 4) is 22.8 Å². The molecule has 4 aromatic rings. The Kier molecular flexibility index (Phi) is 4.76. The molecule has 2 N–H and O–H groups in total. The van der Waals surface area contributed by atoms with Crippen LogP contribution >= 0.6 is 0 Å². The zero-order valence-electron chi connectivity index (χ0n) is 15.7. The molecule has 0 atom stereocenters. The van der Waals surface area contributed by atoms with Gasteiger partial charge in [-0.15, -0.1) is 0 Å². The molecular formula is C22H20N4O2. The minimum atomic E-state index is -0.00447. The number of benzene rings is 2. The van der Waals surface area contributed by atoms with Gasteiger partial charge in [-0.25, -0.2) is 15.0 Å². The SMILES string of the molecule is COc1cc(-c2ccc(C)cc2)cc2c(NCc3cccc(O)n3)ncnc12. The van der Waals surface area contributed by atoms with E-state index in [1.807, 2.05) is 12.1 Å². The summed E-state index contributed by atoms with van der Waals surface area (Å²) in [5.74, 6) is 1.37. The Morgan fingerprint density at radius 1 is 1.00 bits per heavy atom. The molecular weight excluding hydrogens is 352 g/mol. The summed E-state index contributed by atoms with van der Waals surface area (Å²) in [7, 11) is 1.64. The van der Waals surface area contributed by atoms with E-state index in [-0.39, 0.29) is 5.88 Å². The molecule has 0 amide bonds. The van der Waals surface area contributed by atoms with Crippen LogP contribution in [0.3, 0.4) is 0 Å². The van der Waals surface area contributed by atoms with E-state index in [4.69, 9.17) is 4.74 Å². The number of aryl methyl sites for hydroxylation is 1. The van der Waals surface area contributed by atoms with Crippen LogP contribution in [0.15, 0.2) is 60.9 Å². The van der Waals surface area contributed by atoms with Gasteiger partial charge in [0.15, 0.2) is 0 Å². The lowest BCUT2D eigenvalue weighted by atomic mass is 10.0. The molecule has 2 aromatic carbocycles. The highest BCUT2D eigenvalue weighted by Gasteiger charge is 2.12. The summed E-state index contributed by atoms with van der Waals surface area (Å²) >= 11 is 0. The minimum absolute atomic E-state index is 0.00447. The number of aromatic hydroxyl groups is 1. The molecule has 0 saturated carbocycles. The molecule has 0 unspecified atom stereocenters. The third-order valence-corrected chi connectivity index (χ3v) is 4.54. The van der Waals surface area contributed by atoms with Gasteiger partial charge in [-0.05, 0) is 36.2 Å². The summed E-state index contributed by atoms with van der Waals surface area (Å²) in [6.07, 6.45) is 1.51. The molecule has 2 aromatic heterocycles. The van der Waals surface area contributed by atoms with Crippen molar-refractivity contribution in [3.05, 3.63) is 72.2 Å². The van der Waals surface area contributed by atoms with Crippen LogP contribution < -0.4 is 10.1 Å². The summed E-state index contributed by atoms with van der Waals surface area (Å²) in [6.45, 7) is 2.49. The van der Waals surface area contributed by atoms with Crippen molar-refractivity contribution in [2.45, 2.75) is 13.5 Å². The van der Waals surface area contributed by atoms with Gasteiger partial charge in [-0.3, -0.25) is 0 Å². The topological polar surface area (TPSA) is 80.2 Å². The van der Waals surface area contributed by atoms with E-state index in [1.165, 1.54) is 11.9 Å². The number of nitrogens with zero attached hydrogens (tertiary/aromatic N) is 3. The third kappa shape index (κ3) is 3.57. The highest BCUT2D eigenvalue weighted by atomic mass is 16.5. The van der Waals surface area contributed by atoms with Crippen molar-refractivity contribution in [2.75, 3.05) is 12.4 Å². The molecule has 0 spiro atoms. The fourth-order valence-corrected chi connectivity index (χ4v) is 3.08. The molecule has 2 heterocycles. The smallest absolute Gasteiger partial charge is 0.210 e. The van der Waals surface area contributed by atoms with E-state index in [0.717, 1.165) is 22.0 Å². The monoisotopic (exact) mass is 372 g/mol. The molecule has 0 fully saturated rings. The van der Waals surface area contributed by atoms with Crippen LogP contribution in [0, 0.1) is 6.92 Å². The highest BCUT2D eigenvalue weighted by Crippen LogP contribution is 2.34. The van der Waals surface area contributed by atoms with Crippen molar-refractivity contribution in [2.24, 2.45) is 0 Å². The first kappa shape index (κ1) is 17.7.